The summed E-state index contributed by atoms with van der Waals surface area (Å²) in [4.78, 5) is 15.8. The number of rotatable bonds is 5. The third kappa shape index (κ3) is 4.03. The zero-order valence-corrected chi connectivity index (χ0v) is 15.2. The second-order valence-corrected chi connectivity index (χ2v) is 7.51. The highest BCUT2D eigenvalue weighted by Crippen LogP contribution is 2.26. The number of piperidine rings is 1. The normalized spacial score (nSPS) is 15.8. The summed E-state index contributed by atoms with van der Waals surface area (Å²) in [7, 11) is 0. The predicted octanol–water partition coefficient (Wildman–Crippen LogP) is 4.25. The molecular weight excluding hydrogens is 346 g/mol. The van der Waals surface area contributed by atoms with Crippen molar-refractivity contribution in [2.75, 3.05) is 18.4 Å². The average molecular weight is 367 g/mol. The molecule has 1 aromatic carbocycles. The number of likely N-dealkylation sites (tertiary alicyclic amines) is 1. The summed E-state index contributed by atoms with van der Waals surface area (Å²) in [5.41, 5.74) is 1.81. The Kier molecular flexibility index (Phi) is 5.13. The molecule has 2 aromatic heterocycles. The van der Waals surface area contributed by atoms with Gasteiger partial charge in [-0.1, -0.05) is 29.4 Å². The molecule has 1 aliphatic rings. The van der Waals surface area contributed by atoms with Crippen molar-refractivity contribution >= 4 is 22.9 Å². The van der Waals surface area contributed by atoms with E-state index >= 15 is 0 Å². The van der Waals surface area contributed by atoms with E-state index in [1.54, 1.807) is 11.3 Å². The smallest absolute Gasteiger partial charge is 0.227 e. The van der Waals surface area contributed by atoms with Gasteiger partial charge in [-0.25, -0.2) is 0 Å². The van der Waals surface area contributed by atoms with E-state index in [9.17, 15) is 4.79 Å². The number of hydrogen-bond acceptors (Lipinski definition) is 5. The molecule has 134 valence electrons. The molecule has 6 heteroatoms. The van der Waals surface area contributed by atoms with Crippen LogP contribution in [0.2, 0.25) is 0 Å². The Hall–Kier alpha value is -2.44. The highest BCUT2D eigenvalue weighted by molar-refractivity contribution is 7.13. The van der Waals surface area contributed by atoms with Crippen LogP contribution in [-0.4, -0.2) is 29.1 Å². The molecule has 0 bridgehead atoms. The zero-order chi connectivity index (χ0) is 17.8. The summed E-state index contributed by atoms with van der Waals surface area (Å²) >= 11 is 1.65. The summed E-state index contributed by atoms with van der Waals surface area (Å²) in [5, 5.41) is 9.23. The highest BCUT2D eigenvalue weighted by atomic mass is 32.1. The van der Waals surface area contributed by atoms with Gasteiger partial charge in [0.05, 0.1) is 10.6 Å². The van der Waals surface area contributed by atoms with Gasteiger partial charge in [-0.2, -0.15) is 0 Å². The van der Waals surface area contributed by atoms with Gasteiger partial charge in [0.25, 0.3) is 0 Å². The molecule has 1 saturated heterocycles. The van der Waals surface area contributed by atoms with Gasteiger partial charge in [-0.3, -0.25) is 9.69 Å². The molecule has 0 saturated carbocycles. The Morgan fingerprint density at radius 3 is 2.73 bits per heavy atom. The van der Waals surface area contributed by atoms with Gasteiger partial charge in [-0.05, 0) is 49.5 Å². The molecule has 0 spiro atoms. The molecule has 5 nitrogen and oxygen atoms in total. The first-order valence-corrected chi connectivity index (χ1v) is 9.73. The van der Waals surface area contributed by atoms with Crippen LogP contribution in [-0.2, 0) is 11.3 Å². The fourth-order valence-electron chi connectivity index (χ4n) is 3.27. The number of hydrogen-bond donors (Lipinski definition) is 1. The van der Waals surface area contributed by atoms with E-state index in [1.807, 2.05) is 53.9 Å². The Morgan fingerprint density at radius 2 is 2.00 bits per heavy atom. The van der Waals surface area contributed by atoms with Gasteiger partial charge in [0.15, 0.2) is 5.76 Å². The first-order chi connectivity index (χ1) is 12.8. The van der Waals surface area contributed by atoms with Gasteiger partial charge < -0.3 is 9.84 Å². The molecule has 1 N–H and O–H groups in total. The number of carbonyl (C=O) groups excluding carboxylic acids is 1. The van der Waals surface area contributed by atoms with Gasteiger partial charge in [0.2, 0.25) is 5.91 Å². The average Bonchev–Trinajstić information content (AvgIpc) is 3.35. The Balaban J connectivity index is 1.28. The number of benzene rings is 1. The van der Waals surface area contributed by atoms with E-state index in [0.717, 1.165) is 54.5 Å². The topological polar surface area (TPSA) is 58.4 Å². The van der Waals surface area contributed by atoms with E-state index in [-0.39, 0.29) is 11.8 Å². The molecule has 0 aliphatic carbocycles. The number of anilines is 1. The summed E-state index contributed by atoms with van der Waals surface area (Å²) < 4.78 is 5.45. The third-order valence-corrected chi connectivity index (χ3v) is 5.59. The van der Waals surface area contributed by atoms with Crippen LogP contribution in [0.3, 0.4) is 0 Å². The minimum absolute atomic E-state index is 0.0745. The van der Waals surface area contributed by atoms with Crippen molar-refractivity contribution in [1.82, 2.24) is 10.1 Å². The van der Waals surface area contributed by atoms with Gasteiger partial charge >= 0.3 is 0 Å². The van der Waals surface area contributed by atoms with Crippen molar-refractivity contribution in [1.29, 1.82) is 0 Å². The molecular formula is C20H21N3O2S. The third-order valence-electron chi connectivity index (χ3n) is 4.71. The lowest BCUT2D eigenvalue weighted by atomic mass is 9.95. The number of nitrogens with zero attached hydrogens (tertiary/aromatic N) is 2. The van der Waals surface area contributed by atoms with Crippen LogP contribution >= 0.6 is 11.3 Å². The molecule has 3 heterocycles. The quantitative estimate of drug-likeness (QED) is 0.732. The number of para-hydroxylation sites is 1. The lowest BCUT2D eigenvalue weighted by Crippen LogP contribution is -2.37. The number of carbonyl (C=O) groups is 1. The van der Waals surface area contributed by atoms with Crippen molar-refractivity contribution in [3.8, 4) is 10.6 Å². The fraction of sp³-hybridized carbons (Fsp3) is 0.300. The summed E-state index contributed by atoms with van der Waals surface area (Å²) in [6.45, 7) is 2.56. The number of aromatic nitrogens is 1. The first kappa shape index (κ1) is 17.0. The van der Waals surface area contributed by atoms with E-state index in [1.165, 1.54) is 0 Å². The van der Waals surface area contributed by atoms with Crippen LogP contribution in [0.1, 0.15) is 18.5 Å². The lowest BCUT2D eigenvalue weighted by molar-refractivity contribution is -0.121. The number of nitrogens with one attached hydrogen (secondary N) is 1. The predicted molar refractivity (Wildman–Crippen MR) is 103 cm³/mol. The van der Waals surface area contributed by atoms with Crippen molar-refractivity contribution < 1.29 is 9.32 Å². The standard InChI is InChI=1S/C20H21N3O2S/c24-20(21-16-5-2-1-3-6-16)15-8-10-23(11-9-15)14-17-13-18(25-22-17)19-7-4-12-26-19/h1-7,12-13,15H,8-11,14H2,(H,21,24). The van der Waals surface area contributed by atoms with Crippen LogP contribution in [0.15, 0.2) is 58.4 Å². The van der Waals surface area contributed by atoms with Crippen molar-refractivity contribution in [2.45, 2.75) is 19.4 Å². The molecule has 4 rings (SSSR count). The van der Waals surface area contributed by atoms with Crippen LogP contribution < -0.4 is 5.32 Å². The molecule has 0 atom stereocenters. The van der Waals surface area contributed by atoms with Crippen molar-refractivity contribution in [3.63, 3.8) is 0 Å². The molecule has 1 aliphatic heterocycles. The van der Waals surface area contributed by atoms with Gasteiger partial charge in [0, 0.05) is 24.2 Å². The van der Waals surface area contributed by atoms with E-state index in [4.69, 9.17) is 4.52 Å². The monoisotopic (exact) mass is 367 g/mol. The molecule has 1 fully saturated rings. The summed E-state index contributed by atoms with van der Waals surface area (Å²) in [5.74, 6) is 1.02. The largest absolute Gasteiger partial charge is 0.355 e. The van der Waals surface area contributed by atoms with E-state index in [2.05, 4.69) is 15.4 Å². The minimum Gasteiger partial charge on any atom is -0.355 e. The Morgan fingerprint density at radius 1 is 1.19 bits per heavy atom. The zero-order valence-electron chi connectivity index (χ0n) is 14.4. The summed E-state index contributed by atoms with van der Waals surface area (Å²) in [6, 6.07) is 15.7. The van der Waals surface area contributed by atoms with Crippen LogP contribution in [0.4, 0.5) is 5.69 Å². The molecule has 0 unspecified atom stereocenters. The van der Waals surface area contributed by atoms with E-state index < -0.39 is 0 Å². The van der Waals surface area contributed by atoms with Crippen LogP contribution in [0, 0.1) is 5.92 Å². The fourth-order valence-corrected chi connectivity index (χ4v) is 3.94. The lowest BCUT2D eigenvalue weighted by Gasteiger charge is -2.30. The second-order valence-electron chi connectivity index (χ2n) is 6.57. The highest BCUT2D eigenvalue weighted by Gasteiger charge is 2.25. The molecule has 0 radical (unpaired) electrons. The maximum absolute atomic E-state index is 12.4. The SMILES string of the molecule is O=C(Nc1ccccc1)C1CCN(Cc2cc(-c3cccs3)on2)CC1. The molecule has 3 aromatic rings. The molecule has 26 heavy (non-hydrogen) atoms. The number of amides is 1. The first-order valence-electron chi connectivity index (χ1n) is 8.86. The minimum atomic E-state index is 0.0745. The van der Waals surface area contributed by atoms with Crippen molar-refractivity contribution in [3.05, 3.63) is 59.6 Å². The van der Waals surface area contributed by atoms with Gasteiger partial charge in [-0.15, -0.1) is 11.3 Å². The van der Waals surface area contributed by atoms with Crippen LogP contribution in [0.5, 0.6) is 0 Å². The van der Waals surface area contributed by atoms with E-state index in [0.29, 0.717) is 0 Å². The van der Waals surface area contributed by atoms with Crippen molar-refractivity contribution in [2.24, 2.45) is 5.92 Å². The molecule has 1 amide bonds. The number of thiophene rings is 1. The maximum Gasteiger partial charge on any atom is 0.227 e. The second kappa shape index (κ2) is 7.85. The summed E-state index contributed by atoms with van der Waals surface area (Å²) in [6.07, 6.45) is 1.74. The maximum atomic E-state index is 12.4. The van der Waals surface area contributed by atoms with Crippen LogP contribution in [0.25, 0.3) is 10.6 Å². The van der Waals surface area contributed by atoms with Gasteiger partial charge in [0.1, 0.15) is 0 Å². The Labute approximate surface area is 156 Å². The Bertz CT molecular complexity index is 837.